The second kappa shape index (κ2) is 56.7. The molecule has 0 radical (unpaired) electrons. The molecule has 0 bridgehead atoms. The van der Waals surface area contributed by atoms with Crippen molar-refractivity contribution in [2.45, 2.75) is 302 Å². The number of rotatable bonds is 58. The van der Waals surface area contributed by atoms with E-state index in [2.05, 4.69) is 92.1 Å². The summed E-state index contributed by atoms with van der Waals surface area (Å²) in [6.45, 7) is 4.62. The van der Waals surface area contributed by atoms with E-state index in [0.717, 1.165) is 89.9 Å². The van der Waals surface area contributed by atoms with Crippen molar-refractivity contribution in [2.24, 2.45) is 0 Å². The van der Waals surface area contributed by atoms with E-state index < -0.39 is 20.0 Å². The summed E-state index contributed by atoms with van der Waals surface area (Å²) >= 11 is 0. The number of aliphatic hydroxyl groups excluding tert-OH is 1. The quantitative estimate of drug-likeness (QED) is 0.0272. The summed E-state index contributed by atoms with van der Waals surface area (Å²) in [4.78, 5) is 25.6. The van der Waals surface area contributed by atoms with Crippen LogP contribution in [0.3, 0.4) is 0 Å². The number of unbranched alkanes of at least 4 members (excludes halogenated alkanes) is 33. The Labute approximate surface area is 465 Å². The predicted octanol–water partition coefficient (Wildman–Crippen LogP) is 19.2. The summed E-state index contributed by atoms with van der Waals surface area (Å²) in [5.41, 5.74) is 0. The second-order valence-electron chi connectivity index (χ2n) is 22.7. The number of carbonyl (C=O) groups is 1. The summed E-state index contributed by atoms with van der Waals surface area (Å²) in [7, 11) is 1.29. The fourth-order valence-corrected chi connectivity index (χ4v) is 10.0. The van der Waals surface area contributed by atoms with E-state index in [4.69, 9.17) is 9.05 Å². The summed E-state index contributed by atoms with van der Waals surface area (Å²) in [6, 6.07) is -0.815. The molecule has 9 heteroatoms. The molecule has 0 heterocycles. The largest absolute Gasteiger partial charge is 0.756 e. The number of amides is 1. The van der Waals surface area contributed by atoms with Gasteiger partial charge in [0.25, 0.3) is 7.82 Å². The topological polar surface area (TPSA) is 108 Å². The maximum absolute atomic E-state index is 13.0. The van der Waals surface area contributed by atoms with Crippen LogP contribution in [0.4, 0.5) is 0 Å². The maximum atomic E-state index is 13.0. The van der Waals surface area contributed by atoms with Crippen molar-refractivity contribution < 1.29 is 32.9 Å². The molecule has 0 aromatic heterocycles. The predicted molar refractivity (Wildman–Crippen MR) is 325 cm³/mol. The molecule has 0 aliphatic carbocycles. The molecule has 0 aromatic carbocycles. The van der Waals surface area contributed by atoms with Crippen LogP contribution in [-0.2, 0) is 18.4 Å². The van der Waals surface area contributed by atoms with Crippen LogP contribution in [0.25, 0.3) is 0 Å². The zero-order chi connectivity index (χ0) is 54.9. The summed E-state index contributed by atoms with van der Waals surface area (Å²) in [6.07, 6.45) is 78.1. The average Bonchev–Trinajstić information content (AvgIpc) is 3.37. The molecule has 0 aliphatic rings. The second-order valence-corrected chi connectivity index (χ2v) is 24.2. The summed E-state index contributed by atoms with van der Waals surface area (Å²) in [5, 5.41) is 14.1. The van der Waals surface area contributed by atoms with Crippen molar-refractivity contribution in [2.75, 3.05) is 40.9 Å². The fraction of sp³-hybridized carbons (Fsp3) is 0.803. The number of carbonyl (C=O) groups excluding carboxylic acids is 1. The highest BCUT2D eigenvalue weighted by atomic mass is 31.2. The number of quaternary nitrogens is 1. The van der Waals surface area contributed by atoms with Gasteiger partial charge >= 0.3 is 0 Å². The third kappa shape index (κ3) is 59.4. The summed E-state index contributed by atoms with van der Waals surface area (Å²) < 4.78 is 23.5. The third-order valence-electron chi connectivity index (χ3n) is 14.2. The van der Waals surface area contributed by atoms with Gasteiger partial charge in [0, 0.05) is 6.42 Å². The molecule has 0 aliphatic heterocycles. The van der Waals surface area contributed by atoms with Gasteiger partial charge in [-0.3, -0.25) is 9.36 Å². The van der Waals surface area contributed by atoms with Gasteiger partial charge in [0.15, 0.2) is 0 Å². The number of hydrogen-bond acceptors (Lipinski definition) is 6. The SMILES string of the molecule is CC/C=C\C/C=C\C/C=C\C/C=C\C/C=C\C/C=C\CCCCCCCCC(=O)NC(COP(=O)([O-])OCC[N+](C)(C)C)C(O)CCCCCCCCCCCCCCCCCCCCCCCCCCCCCC. The minimum absolute atomic E-state index is 0.00595. The molecule has 0 rings (SSSR count). The Balaban J connectivity index is 4.15. The van der Waals surface area contributed by atoms with Gasteiger partial charge in [-0.25, -0.2) is 0 Å². The van der Waals surface area contributed by atoms with E-state index in [9.17, 15) is 19.4 Å². The average molecular weight is 1070 g/mol. The third-order valence-corrected chi connectivity index (χ3v) is 15.2. The van der Waals surface area contributed by atoms with Gasteiger partial charge in [0.1, 0.15) is 13.2 Å². The number of likely N-dealkylation sites (N-methyl/N-ethyl adjacent to an activating group) is 1. The Morgan fingerprint density at radius 3 is 1.19 bits per heavy atom. The number of hydrogen-bond donors (Lipinski definition) is 2. The lowest BCUT2D eigenvalue weighted by atomic mass is 10.0. The molecular formula is C66H123N2O6P. The van der Waals surface area contributed by atoms with Crippen LogP contribution in [-0.4, -0.2) is 68.5 Å². The number of aliphatic hydroxyl groups is 1. The molecule has 0 aromatic rings. The Bertz CT molecular complexity index is 1450. The van der Waals surface area contributed by atoms with E-state index in [1.54, 1.807) is 0 Å². The number of nitrogens with one attached hydrogen (secondary N) is 1. The molecule has 3 atom stereocenters. The molecule has 0 fully saturated rings. The van der Waals surface area contributed by atoms with Gasteiger partial charge in [-0.1, -0.05) is 292 Å². The smallest absolute Gasteiger partial charge is 0.268 e. The Morgan fingerprint density at radius 1 is 0.480 bits per heavy atom. The van der Waals surface area contributed by atoms with Gasteiger partial charge in [-0.05, 0) is 64.2 Å². The first kappa shape index (κ1) is 72.9. The number of phosphoric ester groups is 1. The first-order valence-electron chi connectivity index (χ1n) is 31.8. The van der Waals surface area contributed by atoms with Crippen molar-refractivity contribution in [3.8, 4) is 0 Å². The fourth-order valence-electron chi connectivity index (χ4n) is 9.28. The van der Waals surface area contributed by atoms with E-state index in [0.29, 0.717) is 23.9 Å². The molecule has 75 heavy (non-hydrogen) atoms. The van der Waals surface area contributed by atoms with Gasteiger partial charge in [0.05, 0.1) is 39.9 Å². The van der Waals surface area contributed by atoms with Gasteiger partial charge in [-0.15, -0.1) is 0 Å². The normalized spacial score (nSPS) is 14.3. The highest BCUT2D eigenvalue weighted by molar-refractivity contribution is 7.45. The van der Waals surface area contributed by atoms with Crippen LogP contribution >= 0.6 is 7.82 Å². The number of allylic oxidation sites excluding steroid dienone is 12. The molecule has 438 valence electrons. The first-order valence-corrected chi connectivity index (χ1v) is 33.2. The van der Waals surface area contributed by atoms with Crippen LogP contribution in [0.15, 0.2) is 72.9 Å². The van der Waals surface area contributed by atoms with Crippen LogP contribution in [0, 0.1) is 0 Å². The lowest BCUT2D eigenvalue weighted by Crippen LogP contribution is -2.46. The van der Waals surface area contributed by atoms with Gasteiger partial charge in [-0.2, -0.15) is 0 Å². The highest BCUT2D eigenvalue weighted by Crippen LogP contribution is 2.38. The van der Waals surface area contributed by atoms with Crippen molar-refractivity contribution in [3.63, 3.8) is 0 Å². The first-order chi connectivity index (χ1) is 36.5. The standard InChI is InChI=1S/C66H123N2O6P/c1-6-8-10-12-14-16-18-20-22-24-26-28-30-32-33-34-36-37-39-41-43-45-47-49-51-53-55-57-59-65(69)64(63-74-75(71,72)73-62-61-68(3,4)5)67-66(70)60-58-56-54-52-50-48-46-44-42-40-38-35-31-29-27-25-23-21-19-17-15-13-11-9-7-2/h9,11,15,17,21,23,27,29,35,38,42,44,64-65,69H,6-8,10,12-14,16,18-20,22,24-26,28,30-34,36-37,39-41,43,45-63H2,1-5H3,(H-,67,70,71,72)/b11-9-,17-15-,23-21-,29-27-,38-35-,44-42-. The minimum Gasteiger partial charge on any atom is -0.756 e. The van der Waals surface area contributed by atoms with E-state index >= 15 is 0 Å². The monoisotopic (exact) mass is 1070 g/mol. The zero-order valence-corrected chi connectivity index (χ0v) is 50.9. The van der Waals surface area contributed by atoms with Crippen LogP contribution in [0.5, 0.6) is 0 Å². The molecule has 8 nitrogen and oxygen atoms in total. The Morgan fingerprint density at radius 2 is 0.813 bits per heavy atom. The van der Waals surface area contributed by atoms with E-state index in [1.165, 1.54) is 173 Å². The van der Waals surface area contributed by atoms with Crippen molar-refractivity contribution in [1.82, 2.24) is 5.32 Å². The molecule has 0 saturated heterocycles. The molecule has 0 spiro atoms. The lowest BCUT2D eigenvalue weighted by Gasteiger charge is -2.30. The van der Waals surface area contributed by atoms with Crippen molar-refractivity contribution in [1.29, 1.82) is 0 Å². The Hall–Kier alpha value is -2.06. The lowest BCUT2D eigenvalue weighted by molar-refractivity contribution is -0.870. The van der Waals surface area contributed by atoms with Crippen LogP contribution < -0.4 is 10.2 Å². The van der Waals surface area contributed by atoms with Gasteiger partial charge < -0.3 is 28.8 Å². The van der Waals surface area contributed by atoms with Gasteiger partial charge in [0.2, 0.25) is 5.91 Å². The van der Waals surface area contributed by atoms with Crippen molar-refractivity contribution >= 4 is 13.7 Å². The van der Waals surface area contributed by atoms with E-state index in [1.807, 2.05) is 21.1 Å². The molecule has 1 amide bonds. The van der Waals surface area contributed by atoms with Crippen molar-refractivity contribution in [3.05, 3.63) is 72.9 Å². The Kier molecular flexibility index (Phi) is 55.1. The molecule has 0 saturated carbocycles. The molecular weight excluding hydrogens is 948 g/mol. The van der Waals surface area contributed by atoms with E-state index in [-0.39, 0.29) is 19.1 Å². The molecule has 2 N–H and O–H groups in total. The number of phosphoric acid groups is 1. The minimum atomic E-state index is -4.59. The maximum Gasteiger partial charge on any atom is 0.268 e. The zero-order valence-electron chi connectivity index (χ0n) is 50.0. The summed E-state index contributed by atoms with van der Waals surface area (Å²) in [5.74, 6) is -0.178. The molecule has 3 unspecified atom stereocenters. The highest BCUT2D eigenvalue weighted by Gasteiger charge is 2.24. The van der Waals surface area contributed by atoms with Crippen LogP contribution in [0.1, 0.15) is 290 Å². The van der Waals surface area contributed by atoms with Crippen LogP contribution in [0.2, 0.25) is 0 Å². The number of nitrogens with zero attached hydrogens (tertiary/aromatic N) is 1.